The summed E-state index contributed by atoms with van der Waals surface area (Å²) in [6.45, 7) is 5.39. The summed E-state index contributed by atoms with van der Waals surface area (Å²) in [5.41, 5.74) is 5.70. The molecule has 0 aromatic heterocycles. The van der Waals surface area contributed by atoms with Crippen molar-refractivity contribution in [1.29, 1.82) is 0 Å². The number of carbonyl (C=O) groups is 1. The van der Waals surface area contributed by atoms with Crippen LogP contribution in [-0.4, -0.2) is 41.7 Å². The lowest BCUT2D eigenvalue weighted by atomic mass is 9.83. The SMILES string of the molecule is CCCCCCN(CCO)C(=O)C1(C)CCCC1N. The molecule has 3 N–H and O–H groups in total. The highest BCUT2D eigenvalue weighted by Gasteiger charge is 2.44. The zero-order valence-electron chi connectivity index (χ0n) is 12.5. The monoisotopic (exact) mass is 270 g/mol. The van der Waals surface area contributed by atoms with Crippen molar-refractivity contribution in [3.8, 4) is 0 Å². The van der Waals surface area contributed by atoms with Gasteiger partial charge in [-0.2, -0.15) is 0 Å². The fourth-order valence-corrected chi connectivity index (χ4v) is 2.98. The molecule has 4 nitrogen and oxygen atoms in total. The van der Waals surface area contributed by atoms with E-state index in [0.29, 0.717) is 6.54 Å². The molecule has 19 heavy (non-hydrogen) atoms. The number of aliphatic hydroxyl groups excluding tert-OH is 1. The first-order valence-electron chi connectivity index (χ1n) is 7.72. The number of nitrogens with zero attached hydrogens (tertiary/aromatic N) is 1. The lowest BCUT2D eigenvalue weighted by Gasteiger charge is -2.34. The Morgan fingerprint density at radius 3 is 2.63 bits per heavy atom. The molecule has 112 valence electrons. The number of nitrogens with two attached hydrogens (primary N) is 1. The second-order valence-electron chi connectivity index (χ2n) is 5.99. The lowest BCUT2D eigenvalue weighted by molar-refractivity contribution is -0.142. The summed E-state index contributed by atoms with van der Waals surface area (Å²) in [5.74, 6) is 0.142. The van der Waals surface area contributed by atoms with E-state index in [-0.39, 0.29) is 18.6 Å². The lowest BCUT2D eigenvalue weighted by Crippen LogP contribution is -2.50. The number of hydrogen-bond acceptors (Lipinski definition) is 3. The Kier molecular flexibility index (Phi) is 6.80. The first-order valence-corrected chi connectivity index (χ1v) is 7.72. The summed E-state index contributed by atoms with van der Waals surface area (Å²) in [4.78, 5) is 14.5. The van der Waals surface area contributed by atoms with Gasteiger partial charge in [-0.1, -0.05) is 32.6 Å². The molecule has 1 fully saturated rings. The van der Waals surface area contributed by atoms with E-state index >= 15 is 0 Å². The van der Waals surface area contributed by atoms with Crippen LogP contribution in [0.2, 0.25) is 0 Å². The predicted molar refractivity (Wildman–Crippen MR) is 77.7 cm³/mol. The highest BCUT2D eigenvalue weighted by atomic mass is 16.3. The van der Waals surface area contributed by atoms with Gasteiger partial charge in [0.2, 0.25) is 5.91 Å². The van der Waals surface area contributed by atoms with Crippen molar-refractivity contribution in [2.45, 2.75) is 64.8 Å². The molecular formula is C15H30N2O2. The van der Waals surface area contributed by atoms with E-state index in [1.54, 1.807) is 0 Å². The van der Waals surface area contributed by atoms with Gasteiger partial charge in [0.05, 0.1) is 12.0 Å². The Hall–Kier alpha value is -0.610. The van der Waals surface area contributed by atoms with Crippen LogP contribution in [0.5, 0.6) is 0 Å². The maximum Gasteiger partial charge on any atom is 0.230 e. The van der Waals surface area contributed by atoms with Crippen molar-refractivity contribution in [3.05, 3.63) is 0 Å². The van der Waals surface area contributed by atoms with E-state index in [2.05, 4.69) is 6.92 Å². The number of unbranched alkanes of at least 4 members (excludes halogenated alkanes) is 3. The molecule has 0 bridgehead atoms. The van der Waals surface area contributed by atoms with Crippen LogP contribution in [0.4, 0.5) is 0 Å². The third-order valence-corrected chi connectivity index (χ3v) is 4.46. The quantitative estimate of drug-likeness (QED) is 0.662. The van der Waals surface area contributed by atoms with Crippen LogP contribution < -0.4 is 5.73 Å². The highest BCUT2D eigenvalue weighted by Crippen LogP contribution is 2.38. The van der Waals surface area contributed by atoms with Crippen molar-refractivity contribution in [3.63, 3.8) is 0 Å². The van der Waals surface area contributed by atoms with E-state index < -0.39 is 5.41 Å². The van der Waals surface area contributed by atoms with E-state index in [4.69, 9.17) is 10.8 Å². The average molecular weight is 270 g/mol. The molecule has 0 aromatic carbocycles. The van der Waals surface area contributed by atoms with E-state index in [1.165, 1.54) is 12.8 Å². The minimum absolute atomic E-state index is 0.0307. The summed E-state index contributed by atoms with van der Waals surface area (Å²) in [6.07, 6.45) is 7.41. The Bertz CT molecular complexity index is 283. The molecular weight excluding hydrogens is 240 g/mol. The second kappa shape index (κ2) is 7.85. The van der Waals surface area contributed by atoms with E-state index in [0.717, 1.165) is 38.6 Å². The molecule has 2 unspecified atom stereocenters. The number of hydrogen-bond donors (Lipinski definition) is 2. The van der Waals surface area contributed by atoms with Gasteiger partial charge in [0.15, 0.2) is 0 Å². The Balaban J connectivity index is 2.56. The van der Waals surface area contributed by atoms with Gasteiger partial charge < -0.3 is 15.7 Å². The minimum atomic E-state index is -0.417. The van der Waals surface area contributed by atoms with Gasteiger partial charge in [-0.25, -0.2) is 0 Å². The third kappa shape index (κ3) is 4.18. The van der Waals surface area contributed by atoms with Crippen molar-refractivity contribution < 1.29 is 9.90 Å². The Morgan fingerprint density at radius 1 is 1.37 bits per heavy atom. The first-order chi connectivity index (χ1) is 9.06. The van der Waals surface area contributed by atoms with Crippen LogP contribution in [0.1, 0.15) is 58.8 Å². The van der Waals surface area contributed by atoms with Crippen molar-refractivity contribution >= 4 is 5.91 Å². The molecule has 4 heteroatoms. The van der Waals surface area contributed by atoms with Crippen LogP contribution in [0.15, 0.2) is 0 Å². The number of rotatable bonds is 8. The maximum atomic E-state index is 12.7. The zero-order valence-corrected chi connectivity index (χ0v) is 12.5. The van der Waals surface area contributed by atoms with Crippen LogP contribution in [-0.2, 0) is 4.79 Å². The molecule has 0 spiro atoms. The molecule has 1 amide bonds. The molecule has 1 aliphatic rings. The van der Waals surface area contributed by atoms with Gasteiger partial charge in [-0.05, 0) is 26.2 Å². The van der Waals surface area contributed by atoms with Gasteiger partial charge in [0, 0.05) is 19.1 Å². The fraction of sp³-hybridized carbons (Fsp3) is 0.933. The fourth-order valence-electron chi connectivity index (χ4n) is 2.98. The molecule has 0 saturated heterocycles. The predicted octanol–water partition coefficient (Wildman–Crippen LogP) is 1.91. The van der Waals surface area contributed by atoms with Gasteiger partial charge in [0.25, 0.3) is 0 Å². The van der Waals surface area contributed by atoms with Crippen molar-refractivity contribution in [2.24, 2.45) is 11.1 Å². The molecule has 2 atom stereocenters. The summed E-state index contributed by atoms with van der Waals surface area (Å²) in [5, 5.41) is 9.16. The number of amides is 1. The summed E-state index contributed by atoms with van der Waals surface area (Å²) in [6, 6.07) is -0.0307. The van der Waals surface area contributed by atoms with Gasteiger partial charge in [-0.15, -0.1) is 0 Å². The smallest absolute Gasteiger partial charge is 0.230 e. The Labute approximate surface area is 117 Å². The zero-order chi connectivity index (χ0) is 14.3. The Morgan fingerprint density at radius 2 is 2.11 bits per heavy atom. The van der Waals surface area contributed by atoms with E-state index in [9.17, 15) is 4.79 Å². The molecule has 1 aliphatic carbocycles. The third-order valence-electron chi connectivity index (χ3n) is 4.46. The summed E-state index contributed by atoms with van der Waals surface area (Å²) < 4.78 is 0. The van der Waals surface area contributed by atoms with Gasteiger partial charge >= 0.3 is 0 Å². The highest BCUT2D eigenvalue weighted by molar-refractivity contribution is 5.83. The average Bonchev–Trinajstić information content (AvgIpc) is 2.74. The number of carbonyl (C=O) groups excluding carboxylic acids is 1. The van der Waals surface area contributed by atoms with E-state index in [1.807, 2.05) is 11.8 Å². The maximum absolute atomic E-state index is 12.7. The second-order valence-corrected chi connectivity index (χ2v) is 5.99. The summed E-state index contributed by atoms with van der Waals surface area (Å²) >= 11 is 0. The van der Waals surface area contributed by atoms with Crippen LogP contribution >= 0.6 is 0 Å². The molecule has 0 radical (unpaired) electrons. The minimum Gasteiger partial charge on any atom is -0.395 e. The topological polar surface area (TPSA) is 66.6 Å². The van der Waals surface area contributed by atoms with Gasteiger partial charge in [-0.3, -0.25) is 4.79 Å². The van der Waals surface area contributed by atoms with Crippen LogP contribution in [0, 0.1) is 5.41 Å². The molecule has 0 aliphatic heterocycles. The van der Waals surface area contributed by atoms with Crippen LogP contribution in [0.25, 0.3) is 0 Å². The molecule has 0 aromatic rings. The molecule has 1 saturated carbocycles. The summed E-state index contributed by atoms with van der Waals surface area (Å²) in [7, 11) is 0. The van der Waals surface area contributed by atoms with Crippen LogP contribution in [0.3, 0.4) is 0 Å². The largest absolute Gasteiger partial charge is 0.395 e. The molecule has 0 heterocycles. The van der Waals surface area contributed by atoms with Gasteiger partial charge in [0.1, 0.15) is 0 Å². The molecule has 1 rings (SSSR count). The first kappa shape index (κ1) is 16.4. The normalized spacial score (nSPS) is 26.6. The number of aliphatic hydroxyl groups is 1. The van der Waals surface area contributed by atoms with Crippen molar-refractivity contribution in [1.82, 2.24) is 4.90 Å². The van der Waals surface area contributed by atoms with Crippen molar-refractivity contribution in [2.75, 3.05) is 19.7 Å². The standard InChI is InChI=1S/C15H30N2O2/c1-3-4-5-6-10-17(11-12-18)14(19)15(2)9-7-8-13(15)16/h13,18H,3-12,16H2,1-2H3.